The van der Waals surface area contributed by atoms with Crippen molar-refractivity contribution in [3.05, 3.63) is 47.0 Å². The fourth-order valence-electron chi connectivity index (χ4n) is 1.68. The molecule has 100 valence electrons. The summed E-state index contributed by atoms with van der Waals surface area (Å²) in [6, 6.07) is 4.61. The lowest BCUT2D eigenvalue weighted by atomic mass is 10.2. The molecule has 1 aromatic carbocycles. The number of hydrogen-bond donors (Lipinski definition) is 1. The molecule has 0 unspecified atom stereocenters. The van der Waals surface area contributed by atoms with Crippen LogP contribution in [0.1, 0.15) is 0 Å². The zero-order valence-corrected chi connectivity index (χ0v) is 10.4. The van der Waals surface area contributed by atoms with Gasteiger partial charge in [0.15, 0.2) is 0 Å². The van der Waals surface area contributed by atoms with Gasteiger partial charge in [0.1, 0.15) is 11.4 Å². The third-order valence-corrected chi connectivity index (χ3v) is 2.65. The van der Waals surface area contributed by atoms with Gasteiger partial charge in [-0.15, -0.1) is 0 Å². The van der Waals surface area contributed by atoms with Crippen LogP contribution in [0, 0.1) is 10.1 Å². The minimum Gasteiger partial charge on any atom is -0.497 e. The fraction of sp³-hybridized carbons (Fsp3) is 0.250. The lowest BCUT2D eigenvalue weighted by Crippen LogP contribution is -2.10. The number of nitrogens with one attached hydrogen (secondary N) is 1. The standard InChI is InChI=1S/C12H14N4O3/c1-19-10-2-3-12(16(17)18)11(8-10)14-5-7-15-6-4-13-9-15/h2-4,6,8-9,14H,5,7H2,1H3. The zero-order valence-electron chi connectivity index (χ0n) is 10.4. The van der Waals surface area contributed by atoms with Gasteiger partial charge in [0, 0.05) is 37.6 Å². The molecule has 19 heavy (non-hydrogen) atoms. The van der Waals surface area contributed by atoms with E-state index in [4.69, 9.17) is 4.74 Å². The van der Waals surface area contributed by atoms with E-state index in [0.717, 1.165) is 0 Å². The van der Waals surface area contributed by atoms with Crippen molar-refractivity contribution in [2.24, 2.45) is 0 Å². The number of imidazole rings is 1. The third-order valence-electron chi connectivity index (χ3n) is 2.65. The van der Waals surface area contributed by atoms with E-state index in [2.05, 4.69) is 10.3 Å². The molecule has 1 heterocycles. The molecule has 0 saturated carbocycles. The van der Waals surface area contributed by atoms with Gasteiger partial charge >= 0.3 is 0 Å². The molecule has 0 amide bonds. The van der Waals surface area contributed by atoms with Crippen molar-refractivity contribution in [2.45, 2.75) is 6.54 Å². The number of nitro groups is 1. The minimum atomic E-state index is -0.418. The Hall–Kier alpha value is -2.57. The molecule has 0 aliphatic carbocycles. The summed E-state index contributed by atoms with van der Waals surface area (Å²) in [7, 11) is 1.52. The Morgan fingerprint density at radius 3 is 3.00 bits per heavy atom. The summed E-state index contributed by atoms with van der Waals surface area (Å²) < 4.78 is 6.95. The molecule has 0 saturated heterocycles. The maximum absolute atomic E-state index is 10.9. The highest BCUT2D eigenvalue weighted by atomic mass is 16.6. The number of nitro benzene ring substituents is 1. The van der Waals surface area contributed by atoms with Crippen LogP contribution >= 0.6 is 0 Å². The summed E-state index contributed by atoms with van der Waals surface area (Å²) in [5.41, 5.74) is 0.482. The van der Waals surface area contributed by atoms with Crippen molar-refractivity contribution in [2.75, 3.05) is 19.0 Å². The summed E-state index contributed by atoms with van der Waals surface area (Å²) in [5.74, 6) is 0.579. The molecule has 0 radical (unpaired) electrons. The minimum absolute atomic E-state index is 0.0337. The summed E-state index contributed by atoms with van der Waals surface area (Å²) in [6.45, 7) is 1.23. The van der Waals surface area contributed by atoms with E-state index < -0.39 is 4.92 Å². The van der Waals surface area contributed by atoms with Crippen LogP contribution in [0.4, 0.5) is 11.4 Å². The lowest BCUT2D eigenvalue weighted by molar-refractivity contribution is -0.384. The lowest BCUT2D eigenvalue weighted by Gasteiger charge is -2.09. The second kappa shape index (κ2) is 5.85. The highest BCUT2D eigenvalue weighted by Gasteiger charge is 2.13. The smallest absolute Gasteiger partial charge is 0.292 e. The van der Waals surface area contributed by atoms with E-state index in [-0.39, 0.29) is 5.69 Å². The topological polar surface area (TPSA) is 82.2 Å². The second-order valence-electron chi connectivity index (χ2n) is 3.87. The molecule has 2 aromatic rings. The maximum atomic E-state index is 10.9. The summed E-state index contributed by atoms with van der Waals surface area (Å²) >= 11 is 0. The van der Waals surface area contributed by atoms with Crippen molar-refractivity contribution in [3.8, 4) is 5.75 Å². The number of rotatable bonds is 6. The quantitative estimate of drug-likeness (QED) is 0.635. The van der Waals surface area contributed by atoms with Gasteiger partial charge in [-0.1, -0.05) is 0 Å². The molecule has 1 aromatic heterocycles. The van der Waals surface area contributed by atoms with Crippen molar-refractivity contribution in [1.29, 1.82) is 0 Å². The van der Waals surface area contributed by atoms with Crippen LogP contribution in [0.5, 0.6) is 5.75 Å². The average molecular weight is 262 g/mol. The van der Waals surface area contributed by atoms with Crippen LogP contribution < -0.4 is 10.1 Å². The number of nitrogens with zero attached hydrogens (tertiary/aromatic N) is 3. The van der Waals surface area contributed by atoms with Crippen molar-refractivity contribution in [3.63, 3.8) is 0 Å². The number of hydrogen-bond acceptors (Lipinski definition) is 5. The van der Waals surface area contributed by atoms with Crippen LogP contribution in [-0.2, 0) is 6.54 Å². The molecule has 1 N–H and O–H groups in total. The average Bonchev–Trinajstić information content (AvgIpc) is 2.91. The van der Waals surface area contributed by atoms with Crippen molar-refractivity contribution >= 4 is 11.4 Å². The number of aromatic nitrogens is 2. The van der Waals surface area contributed by atoms with E-state index in [1.807, 2.05) is 10.8 Å². The molecule has 0 atom stereocenters. The Morgan fingerprint density at radius 2 is 2.37 bits per heavy atom. The first-order valence-corrected chi connectivity index (χ1v) is 5.73. The van der Waals surface area contributed by atoms with E-state index >= 15 is 0 Å². The van der Waals surface area contributed by atoms with Crippen LogP contribution in [0.15, 0.2) is 36.9 Å². The van der Waals surface area contributed by atoms with Gasteiger partial charge in [-0.05, 0) is 6.07 Å². The van der Waals surface area contributed by atoms with Crippen molar-refractivity contribution in [1.82, 2.24) is 9.55 Å². The van der Waals surface area contributed by atoms with Gasteiger partial charge in [0.2, 0.25) is 0 Å². The Kier molecular flexibility index (Phi) is 3.97. The van der Waals surface area contributed by atoms with Crippen LogP contribution in [0.3, 0.4) is 0 Å². The van der Waals surface area contributed by atoms with Gasteiger partial charge < -0.3 is 14.6 Å². The molecule has 0 aliphatic rings. The first-order valence-electron chi connectivity index (χ1n) is 5.73. The maximum Gasteiger partial charge on any atom is 0.292 e. The van der Waals surface area contributed by atoms with E-state index in [1.54, 1.807) is 24.7 Å². The number of methoxy groups -OCH3 is 1. The number of anilines is 1. The molecule has 0 bridgehead atoms. The molecule has 0 fully saturated rings. The molecular formula is C12H14N4O3. The highest BCUT2D eigenvalue weighted by molar-refractivity contribution is 5.64. The third kappa shape index (κ3) is 3.21. The Morgan fingerprint density at radius 1 is 1.53 bits per heavy atom. The highest BCUT2D eigenvalue weighted by Crippen LogP contribution is 2.28. The molecule has 2 rings (SSSR count). The Labute approximate surface area is 110 Å². The van der Waals surface area contributed by atoms with Gasteiger partial charge in [0.25, 0.3) is 5.69 Å². The second-order valence-corrected chi connectivity index (χ2v) is 3.87. The molecule has 0 spiro atoms. The van der Waals surface area contributed by atoms with Crippen molar-refractivity contribution < 1.29 is 9.66 Å². The van der Waals surface area contributed by atoms with Gasteiger partial charge in [-0.2, -0.15) is 0 Å². The number of benzene rings is 1. The molecular weight excluding hydrogens is 248 g/mol. The van der Waals surface area contributed by atoms with Gasteiger partial charge in [-0.3, -0.25) is 10.1 Å². The number of ether oxygens (including phenoxy) is 1. The largest absolute Gasteiger partial charge is 0.497 e. The summed E-state index contributed by atoms with van der Waals surface area (Å²) in [6.07, 6.45) is 5.22. The predicted molar refractivity (Wildman–Crippen MR) is 70.4 cm³/mol. The van der Waals surface area contributed by atoms with Crippen LogP contribution in [0.25, 0.3) is 0 Å². The Bertz CT molecular complexity index is 554. The van der Waals surface area contributed by atoms with Gasteiger partial charge in [0.05, 0.1) is 18.4 Å². The first kappa shape index (κ1) is 12.9. The van der Waals surface area contributed by atoms with Crippen LogP contribution in [0.2, 0.25) is 0 Å². The monoisotopic (exact) mass is 262 g/mol. The van der Waals surface area contributed by atoms with E-state index in [0.29, 0.717) is 24.5 Å². The Balaban J connectivity index is 2.06. The summed E-state index contributed by atoms with van der Waals surface area (Å²) in [4.78, 5) is 14.4. The fourth-order valence-corrected chi connectivity index (χ4v) is 1.68. The first-order chi connectivity index (χ1) is 9.20. The summed E-state index contributed by atoms with van der Waals surface area (Å²) in [5, 5.41) is 14.0. The zero-order chi connectivity index (χ0) is 13.7. The van der Waals surface area contributed by atoms with Crippen LogP contribution in [-0.4, -0.2) is 28.1 Å². The van der Waals surface area contributed by atoms with E-state index in [9.17, 15) is 10.1 Å². The molecule has 0 aliphatic heterocycles. The van der Waals surface area contributed by atoms with Gasteiger partial charge in [-0.25, -0.2) is 4.98 Å². The predicted octanol–water partition coefficient (Wildman–Crippen LogP) is 1.91. The van der Waals surface area contributed by atoms with E-state index in [1.165, 1.54) is 13.2 Å². The SMILES string of the molecule is COc1ccc([N+](=O)[O-])c(NCCn2ccnc2)c1. The normalized spacial score (nSPS) is 10.2. The molecule has 7 heteroatoms. The molecule has 7 nitrogen and oxygen atoms in total.